The molecule has 2 aromatic carbocycles. The number of likely N-dealkylation sites (tertiary alicyclic amines) is 1. The van der Waals surface area contributed by atoms with Crippen molar-refractivity contribution in [3.8, 4) is 0 Å². The largest absolute Gasteiger partial charge is 0.477 e. The maximum Gasteiger partial charge on any atom is 0.347 e. The van der Waals surface area contributed by atoms with Crippen molar-refractivity contribution in [1.29, 1.82) is 0 Å². The monoisotopic (exact) mass is 472 g/mol. The SMILES string of the molecule is O=C(O)c1sc(C2CCCN2C(=O)Cc2ccc(Cl)cc2)nc1CCc1ccc(F)cc1. The van der Waals surface area contributed by atoms with E-state index in [1.165, 1.54) is 12.1 Å². The van der Waals surface area contributed by atoms with Crippen LogP contribution in [-0.2, 0) is 24.1 Å². The van der Waals surface area contributed by atoms with Crippen LogP contribution in [0.1, 0.15) is 50.4 Å². The first-order valence-electron chi connectivity index (χ1n) is 10.4. The first-order valence-corrected chi connectivity index (χ1v) is 11.6. The lowest BCUT2D eigenvalue weighted by atomic mass is 10.1. The molecule has 8 heteroatoms. The van der Waals surface area contributed by atoms with Gasteiger partial charge in [0, 0.05) is 11.6 Å². The Morgan fingerprint density at radius 2 is 1.78 bits per heavy atom. The van der Waals surface area contributed by atoms with Gasteiger partial charge in [0.05, 0.1) is 18.2 Å². The van der Waals surface area contributed by atoms with Crippen LogP contribution in [0, 0.1) is 5.82 Å². The van der Waals surface area contributed by atoms with Crippen LogP contribution < -0.4 is 0 Å². The molecule has 0 radical (unpaired) electrons. The van der Waals surface area contributed by atoms with E-state index in [9.17, 15) is 19.1 Å². The Morgan fingerprint density at radius 1 is 1.09 bits per heavy atom. The fraction of sp³-hybridized carbons (Fsp3) is 0.292. The number of aryl methyl sites for hydroxylation is 2. The summed E-state index contributed by atoms with van der Waals surface area (Å²) in [6, 6.07) is 13.2. The average Bonchev–Trinajstić information content (AvgIpc) is 3.42. The molecule has 3 aromatic rings. The average molecular weight is 473 g/mol. The van der Waals surface area contributed by atoms with Gasteiger partial charge in [-0.2, -0.15) is 0 Å². The number of carboxylic acids is 1. The number of halogens is 2. The number of nitrogens with zero attached hydrogens (tertiary/aromatic N) is 2. The number of benzene rings is 2. The van der Waals surface area contributed by atoms with Crippen molar-refractivity contribution in [3.63, 3.8) is 0 Å². The summed E-state index contributed by atoms with van der Waals surface area (Å²) in [6.45, 7) is 0.629. The van der Waals surface area contributed by atoms with Crippen molar-refractivity contribution in [2.75, 3.05) is 6.54 Å². The molecule has 1 atom stereocenters. The minimum Gasteiger partial charge on any atom is -0.477 e. The Kier molecular flexibility index (Phi) is 6.86. The van der Waals surface area contributed by atoms with Gasteiger partial charge in [0.25, 0.3) is 0 Å². The molecule has 0 saturated carbocycles. The van der Waals surface area contributed by atoms with Crippen molar-refractivity contribution >= 4 is 34.8 Å². The van der Waals surface area contributed by atoms with Crippen molar-refractivity contribution in [1.82, 2.24) is 9.88 Å². The van der Waals surface area contributed by atoms with Gasteiger partial charge >= 0.3 is 5.97 Å². The Balaban J connectivity index is 1.50. The lowest BCUT2D eigenvalue weighted by Gasteiger charge is -2.23. The topological polar surface area (TPSA) is 70.5 Å². The zero-order chi connectivity index (χ0) is 22.7. The van der Waals surface area contributed by atoms with Gasteiger partial charge in [-0.1, -0.05) is 35.9 Å². The predicted octanol–water partition coefficient (Wildman–Crippen LogP) is 5.33. The Morgan fingerprint density at radius 3 is 2.47 bits per heavy atom. The number of thiazole rings is 1. The number of hydrogen-bond acceptors (Lipinski definition) is 4. The number of aromatic nitrogens is 1. The van der Waals surface area contributed by atoms with Crippen LogP contribution in [0.3, 0.4) is 0 Å². The van der Waals surface area contributed by atoms with E-state index in [0.717, 1.165) is 35.3 Å². The summed E-state index contributed by atoms with van der Waals surface area (Å²) in [7, 11) is 0. The van der Waals surface area contributed by atoms with Gasteiger partial charge < -0.3 is 10.0 Å². The third-order valence-corrected chi connectivity index (χ3v) is 7.04. The molecule has 0 bridgehead atoms. The highest BCUT2D eigenvalue weighted by molar-refractivity contribution is 7.13. The molecule has 0 spiro atoms. The Hall–Kier alpha value is -2.77. The van der Waals surface area contributed by atoms with Crippen LogP contribution in [-0.4, -0.2) is 33.4 Å². The van der Waals surface area contributed by atoms with Crippen LogP contribution >= 0.6 is 22.9 Å². The second-order valence-electron chi connectivity index (χ2n) is 7.81. The summed E-state index contributed by atoms with van der Waals surface area (Å²) in [4.78, 5) is 31.5. The lowest BCUT2D eigenvalue weighted by Crippen LogP contribution is -2.31. The number of carboxylic acid groups (broad SMARTS) is 1. The normalized spacial score (nSPS) is 15.8. The minimum atomic E-state index is -1.01. The van der Waals surface area contributed by atoms with E-state index in [0.29, 0.717) is 35.1 Å². The molecule has 1 saturated heterocycles. The number of rotatable bonds is 7. The molecule has 1 aromatic heterocycles. The van der Waals surface area contributed by atoms with E-state index in [-0.39, 0.29) is 29.1 Å². The molecule has 1 aliphatic heterocycles. The molecule has 1 N–H and O–H groups in total. The van der Waals surface area contributed by atoms with Gasteiger partial charge in [0.2, 0.25) is 5.91 Å². The first kappa shape index (κ1) is 22.4. The molecular formula is C24H22ClFN2O3S. The molecule has 32 heavy (non-hydrogen) atoms. The number of amides is 1. The van der Waals surface area contributed by atoms with E-state index < -0.39 is 5.97 Å². The molecule has 0 aliphatic carbocycles. The van der Waals surface area contributed by atoms with Gasteiger partial charge in [-0.05, 0) is 61.1 Å². The molecule has 166 valence electrons. The maximum absolute atomic E-state index is 13.1. The van der Waals surface area contributed by atoms with Crippen LogP contribution in [0.2, 0.25) is 5.02 Å². The highest BCUT2D eigenvalue weighted by Gasteiger charge is 2.33. The number of carbonyl (C=O) groups is 2. The summed E-state index contributed by atoms with van der Waals surface area (Å²) < 4.78 is 13.1. The van der Waals surface area contributed by atoms with Gasteiger partial charge in [-0.3, -0.25) is 4.79 Å². The summed E-state index contributed by atoms with van der Waals surface area (Å²) in [6.07, 6.45) is 2.88. The second-order valence-corrected chi connectivity index (χ2v) is 9.28. The molecular weight excluding hydrogens is 451 g/mol. The van der Waals surface area contributed by atoms with Gasteiger partial charge in [-0.25, -0.2) is 14.2 Å². The van der Waals surface area contributed by atoms with Crippen LogP contribution in [0.25, 0.3) is 0 Å². The molecule has 1 unspecified atom stereocenters. The summed E-state index contributed by atoms with van der Waals surface area (Å²) in [5.74, 6) is -1.32. The smallest absolute Gasteiger partial charge is 0.347 e. The quantitative estimate of drug-likeness (QED) is 0.505. The molecule has 1 amide bonds. The highest BCUT2D eigenvalue weighted by Crippen LogP contribution is 2.36. The van der Waals surface area contributed by atoms with Crippen molar-refractivity contribution < 1.29 is 19.1 Å². The van der Waals surface area contributed by atoms with E-state index in [2.05, 4.69) is 4.98 Å². The van der Waals surface area contributed by atoms with Crippen molar-refractivity contribution in [2.24, 2.45) is 0 Å². The van der Waals surface area contributed by atoms with E-state index in [1.807, 2.05) is 17.0 Å². The second kappa shape index (κ2) is 9.79. The van der Waals surface area contributed by atoms with Crippen molar-refractivity contribution in [2.45, 2.75) is 38.1 Å². The Labute approximate surface area is 194 Å². The van der Waals surface area contributed by atoms with E-state index >= 15 is 0 Å². The fourth-order valence-corrected chi connectivity index (χ4v) is 5.19. The number of hydrogen-bond donors (Lipinski definition) is 1. The summed E-state index contributed by atoms with van der Waals surface area (Å²) >= 11 is 7.08. The Bertz CT molecular complexity index is 1120. The summed E-state index contributed by atoms with van der Waals surface area (Å²) in [5.41, 5.74) is 2.31. The molecule has 2 heterocycles. The number of carbonyl (C=O) groups excluding carboxylic acids is 1. The maximum atomic E-state index is 13.1. The van der Waals surface area contributed by atoms with Crippen LogP contribution in [0.4, 0.5) is 4.39 Å². The third-order valence-electron chi connectivity index (χ3n) is 5.60. The summed E-state index contributed by atoms with van der Waals surface area (Å²) in [5, 5.41) is 11.0. The van der Waals surface area contributed by atoms with Crippen LogP contribution in [0.5, 0.6) is 0 Å². The zero-order valence-electron chi connectivity index (χ0n) is 17.3. The molecule has 1 fully saturated rings. The highest BCUT2D eigenvalue weighted by atomic mass is 35.5. The fourth-order valence-electron chi connectivity index (χ4n) is 3.96. The van der Waals surface area contributed by atoms with Gasteiger partial charge in [0.1, 0.15) is 15.7 Å². The van der Waals surface area contributed by atoms with Gasteiger partial charge in [0.15, 0.2) is 0 Å². The predicted molar refractivity (Wildman–Crippen MR) is 122 cm³/mol. The van der Waals surface area contributed by atoms with E-state index in [4.69, 9.17) is 11.6 Å². The molecule has 4 rings (SSSR count). The van der Waals surface area contributed by atoms with Crippen LogP contribution in [0.15, 0.2) is 48.5 Å². The standard InChI is InChI=1S/C24H22ClFN2O3S/c25-17-8-3-16(4-9-17)14-21(29)28-13-1-2-20(28)23-27-19(22(32-23)24(30)31)12-7-15-5-10-18(26)11-6-15/h3-6,8-11,20H,1-2,7,12-14H2,(H,30,31). The third kappa shape index (κ3) is 5.16. The van der Waals surface area contributed by atoms with Crippen molar-refractivity contribution in [3.05, 3.63) is 86.1 Å². The zero-order valence-corrected chi connectivity index (χ0v) is 18.8. The first-order chi connectivity index (χ1) is 15.4. The van der Waals surface area contributed by atoms with Gasteiger partial charge in [-0.15, -0.1) is 11.3 Å². The molecule has 5 nitrogen and oxygen atoms in total. The number of aromatic carboxylic acids is 1. The minimum absolute atomic E-state index is 0.00485. The lowest BCUT2D eigenvalue weighted by molar-refractivity contribution is -0.131. The van der Waals surface area contributed by atoms with E-state index in [1.54, 1.807) is 24.3 Å². The molecule has 1 aliphatic rings.